The third kappa shape index (κ3) is 6.12. The molecule has 68 heavy (non-hydrogen) atoms. The lowest BCUT2D eigenvalue weighted by molar-refractivity contribution is 1.18. The topological polar surface area (TPSA) is 70.3 Å². The molecule has 13 aromatic rings. The molecule has 0 aliphatic heterocycles. The largest absolute Gasteiger partial charge is 0.309 e. The predicted molar refractivity (Wildman–Crippen MR) is 279 cm³/mol. The van der Waals surface area contributed by atoms with E-state index < -0.39 is 0 Å². The number of nitrogens with zero attached hydrogens (tertiary/aromatic N) is 5. The first-order chi connectivity index (χ1) is 33.6. The van der Waals surface area contributed by atoms with Crippen molar-refractivity contribution in [3.05, 3.63) is 236 Å². The van der Waals surface area contributed by atoms with Gasteiger partial charge in [-0.2, -0.15) is 10.5 Å². The van der Waals surface area contributed by atoms with Crippen molar-refractivity contribution < 1.29 is 0 Å². The van der Waals surface area contributed by atoms with Gasteiger partial charge in [0.05, 0.1) is 51.0 Å². The summed E-state index contributed by atoms with van der Waals surface area (Å²) in [5, 5.41) is 28.7. The van der Waals surface area contributed by atoms with E-state index in [9.17, 15) is 10.5 Å². The molecule has 0 amide bonds. The monoisotopic (exact) mass is 863 g/mol. The highest BCUT2D eigenvalue weighted by Crippen LogP contribution is 2.47. The van der Waals surface area contributed by atoms with E-state index in [2.05, 4.69) is 197 Å². The zero-order chi connectivity index (χ0) is 45.3. The van der Waals surface area contributed by atoms with Gasteiger partial charge in [-0.05, 0) is 164 Å². The minimum absolute atomic E-state index is 0.634. The van der Waals surface area contributed by atoms with Crippen LogP contribution < -0.4 is 0 Å². The van der Waals surface area contributed by atoms with Crippen LogP contribution in [0.5, 0.6) is 0 Å². The van der Waals surface area contributed by atoms with Crippen molar-refractivity contribution in [2.45, 2.75) is 0 Å². The lowest BCUT2D eigenvalue weighted by atomic mass is 9.84. The number of rotatable bonds is 6. The van der Waals surface area contributed by atoms with Crippen molar-refractivity contribution in [1.29, 1.82) is 10.5 Å². The predicted octanol–water partition coefficient (Wildman–Crippen LogP) is 16.0. The molecule has 0 unspecified atom stereocenters. The standard InChI is InChI=1S/C63H37N5/c64-38-40-19-27-58-51(32-40)53-34-45(23-29-60(53)67(58)47-14-6-2-7-15-47)43-22-26-50-55(36-43)62(42-12-4-1-5-13-42)49-25-21-44(37-56(49)63(50)57-18-10-11-31-66-57)46-24-30-61-54(35-46)52-33-41(39-65)20-28-59(52)68(61)48-16-8-3-9-17-48/h1-37H. The van der Waals surface area contributed by atoms with E-state index in [0.29, 0.717) is 11.1 Å². The van der Waals surface area contributed by atoms with Gasteiger partial charge in [0.2, 0.25) is 0 Å². The Morgan fingerprint density at radius 3 is 1.18 bits per heavy atom. The van der Waals surface area contributed by atoms with Crippen LogP contribution in [0.1, 0.15) is 11.1 Å². The Morgan fingerprint density at radius 1 is 0.309 bits per heavy atom. The summed E-state index contributed by atoms with van der Waals surface area (Å²) >= 11 is 0. The van der Waals surface area contributed by atoms with E-state index in [1.165, 1.54) is 0 Å². The molecule has 0 aliphatic carbocycles. The summed E-state index contributed by atoms with van der Waals surface area (Å²) in [6, 6.07) is 81.5. The minimum atomic E-state index is 0.634. The van der Waals surface area contributed by atoms with E-state index in [-0.39, 0.29) is 0 Å². The molecule has 0 N–H and O–H groups in total. The molecule has 3 heterocycles. The molecular formula is C63H37N5. The summed E-state index contributed by atoms with van der Waals surface area (Å²) in [6.45, 7) is 0. The number of para-hydroxylation sites is 2. The average Bonchev–Trinajstić information content (AvgIpc) is 3.92. The number of hydrogen-bond acceptors (Lipinski definition) is 3. The van der Waals surface area contributed by atoms with Crippen molar-refractivity contribution in [3.8, 4) is 68.2 Å². The van der Waals surface area contributed by atoms with Crippen molar-refractivity contribution in [2.24, 2.45) is 0 Å². The SMILES string of the molecule is N#Cc1ccc2c(c1)c1cc(-c3ccc4c(-c5ccccn5)c5cc(-c6ccc7c(c6)c6cc(C#N)ccc6n7-c6ccccc6)ccc5c(-c5ccccc5)c4c3)ccc1n2-c1ccccc1. The van der Waals surface area contributed by atoms with Gasteiger partial charge in [0.1, 0.15) is 0 Å². The molecule has 0 saturated heterocycles. The molecule has 0 spiro atoms. The quantitative estimate of drug-likeness (QED) is 0.156. The zero-order valence-corrected chi connectivity index (χ0v) is 36.6. The van der Waals surface area contributed by atoms with Gasteiger partial charge in [0, 0.05) is 44.7 Å². The molecule has 5 heteroatoms. The summed E-state index contributed by atoms with van der Waals surface area (Å²) < 4.78 is 4.57. The first-order valence-corrected chi connectivity index (χ1v) is 22.7. The maximum atomic E-state index is 9.95. The van der Waals surface area contributed by atoms with Crippen LogP contribution in [-0.4, -0.2) is 14.1 Å². The lowest BCUT2D eigenvalue weighted by Crippen LogP contribution is -1.94. The van der Waals surface area contributed by atoms with Crippen molar-refractivity contribution in [2.75, 3.05) is 0 Å². The number of pyridine rings is 1. The minimum Gasteiger partial charge on any atom is -0.309 e. The summed E-state index contributed by atoms with van der Waals surface area (Å²) in [5.41, 5.74) is 16.3. The van der Waals surface area contributed by atoms with Gasteiger partial charge < -0.3 is 9.13 Å². The van der Waals surface area contributed by atoms with E-state index in [0.717, 1.165) is 121 Å². The van der Waals surface area contributed by atoms with E-state index >= 15 is 0 Å². The number of nitriles is 2. The molecular weight excluding hydrogens is 827 g/mol. The summed E-state index contributed by atoms with van der Waals surface area (Å²) in [4.78, 5) is 5.01. The Balaban J connectivity index is 1.05. The lowest BCUT2D eigenvalue weighted by Gasteiger charge is -2.19. The molecule has 0 atom stereocenters. The van der Waals surface area contributed by atoms with E-state index in [1.807, 2.05) is 48.7 Å². The molecule has 0 saturated carbocycles. The van der Waals surface area contributed by atoms with Crippen LogP contribution in [-0.2, 0) is 0 Å². The molecule has 0 fully saturated rings. The Labute approximate surface area is 391 Å². The molecule has 0 aliphatic rings. The molecule has 314 valence electrons. The Morgan fingerprint density at radius 2 is 0.706 bits per heavy atom. The van der Waals surface area contributed by atoms with Gasteiger partial charge in [-0.3, -0.25) is 4.98 Å². The van der Waals surface area contributed by atoms with Gasteiger partial charge in [-0.25, -0.2) is 0 Å². The molecule has 10 aromatic carbocycles. The molecule has 5 nitrogen and oxygen atoms in total. The summed E-state index contributed by atoms with van der Waals surface area (Å²) in [5.74, 6) is 0. The third-order valence-electron chi connectivity index (χ3n) is 13.6. The van der Waals surface area contributed by atoms with Gasteiger partial charge >= 0.3 is 0 Å². The summed E-state index contributed by atoms with van der Waals surface area (Å²) in [7, 11) is 0. The highest BCUT2D eigenvalue weighted by molar-refractivity contribution is 6.22. The third-order valence-corrected chi connectivity index (χ3v) is 13.6. The van der Waals surface area contributed by atoms with Crippen LogP contribution in [0, 0.1) is 22.7 Å². The maximum absolute atomic E-state index is 9.95. The van der Waals surface area contributed by atoms with Crippen molar-refractivity contribution in [1.82, 2.24) is 14.1 Å². The van der Waals surface area contributed by atoms with Crippen LogP contribution in [0.15, 0.2) is 225 Å². The van der Waals surface area contributed by atoms with Crippen LogP contribution in [0.3, 0.4) is 0 Å². The smallest absolute Gasteiger partial charge is 0.0991 e. The second kappa shape index (κ2) is 15.6. The fraction of sp³-hybridized carbons (Fsp3) is 0. The number of fused-ring (bicyclic) bond motifs is 8. The summed E-state index contributed by atoms with van der Waals surface area (Å²) in [6.07, 6.45) is 1.88. The number of benzene rings is 10. The number of aromatic nitrogens is 3. The second-order valence-electron chi connectivity index (χ2n) is 17.3. The molecule has 13 rings (SSSR count). The van der Waals surface area contributed by atoms with Crippen LogP contribution in [0.2, 0.25) is 0 Å². The van der Waals surface area contributed by atoms with Crippen LogP contribution in [0.25, 0.3) is 121 Å². The Kier molecular flexibility index (Phi) is 8.90. The second-order valence-corrected chi connectivity index (χ2v) is 17.3. The highest BCUT2D eigenvalue weighted by atomic mass is 15.0. The first kappa shape index (κ1) is 38.9. The molecule has 0 radical (unpaired) electrons. The van der Waals surface area contributed by atoms with Crippen molar-refractivity contribution >= 4 is 65.2 Å². The normalized spacial score (nSPS) is 11.5. The zero-order valence-electron chi connectivity index (χ0n) is 36.6. The first-order valence-electron chi connectivity index (χ1n) is 22.7. The van der Waals surface area contributed by atoms with E-state index in [4.69, 9.17) is 4.98 Å². The van der Waals surface area contributed by atoms with Crippen molar-refractivity contribution in [3.63, 3.8) is 0 Å². The Bertz CT molecular complexity index is 3970. The molecule has 0 bridgehead atoms. The van der Waals surface area contributed by atoms with Gasteiger partial charge in [0.25, 0.3) is 0 Å². The van der Waals surface area contributed by atoms with Gasteiger partial charge in [0.15, 0.2) is 0 Å². The van der Waals surface area contributed by atoms with Gasteiger partial charge in [-0.15, -0.1) is 0 Å². The number of hydrogen-bond donors (Lipinski definition) is 0. The molecule has 3 aromatic heterocycles. The fourth-order valence-corrected chi connectivity index (χ4v) is 10.5. The average molecular weight is 864 g/mol. The maximum Gasteiger partial charge on any atom is 0.0991 e. The fourth-order valence-electron chi connectivity index (χ4n) is 10.5. The van der Waals surface area contributed by atoms with Gasteiger partial charge in [-0.1, -0.05) is 109 Å². The van der Waals surface area contributed by atoms with E-state index in [1.54, 1.807) is 0 Å². The van der Waals surface area contributed by atoms with Crippen LogP contribution in [0.4, 0.5) is 0 Å². The van der Waals surface area contributed by atoms with Crippen LogP contribution >= 0.6 is 0 Å². The Hall–Kier alpha value is -9.55. The highest BCUT2D eigenvalue weighted by Gasteiger charge is 2.21.